The molecule has 2 rings (SSSR count). The van der Waals surface area contributed by atoms with Gasteiger partial charge in [0.05, 0.1) is 17.4 Å². The molecular formula is C17H24F3N9. The molecule has 0 saturated carbocycles. The van der Waals surface area contributed by atoms with Gasteiger partial charge in [-0.05, 0) is 27.7 Å². The highest BCUT2D eigenvalue weighted by Gasteiger charge is 2.35. The van der Waals surface area contributed by atoms with Crippen LogP contribution in [0.15, 0.2) is 17.4 Å². The SMILES string of the molecule is CCNc1nc(Nc2cc(C(C)(C)N/N=C\C=N)nn2CC)ncc1C(F)(F)F. The van der Waals surface area contributed by atoms with Crippen molar-refractivity contribution in [1.82, 2.24) is 25.2 Å². The molecule has 0 amide bonds. The van der Waals surface area contributed by atoms with Crippen LogP contribution >= 0.6 is 0 Å². The lowest BCUT2D eigenvalue weighted by atomic mass is 10.0. The zero-order chi connectivity index (χ0) is 21.7. The predicted octanol–water partition coefficient (Wildman–Crippen LogP) is 3.35. The lowest BCUT2D eigenvalue weighted by molar-refractivity contribution is -0.137. The van der Waals surface area contributed by atoms with Crippen molar-refractivity contribution < 1.29 is 13.2 Å². The van der Waals surface area contributed by atoms with Crippen LogP contribution in [0.4, 0.5) is 30.8 Å². The van der Waals surface area contributed by atoms with Crippen molar-refractivity contribution in [2.24, 2.45) is 5.10 Å². The molecule has 9 nitrogen and oxygen atoms in total. The van der Waals surface area contributed by atoms with Gasteiger partial charge in [0.15, 0.2) is 0 Å². The average Bonchev–Trinajstić information content (AvgIpc) is 3.05. The molecule has 0 fully saturated rings. The van der Waals surface area contributed by atoms with E-state index < -0.39 is 17.3 Å². The molecule has 4 N–H and O–H groups in total. The normalized spacial score (nSPS) is 12.2. The van der Waals surface area contributed by atoms with Gasteiger partial charge in [0.1, 0.15) is 17.2 Å². The van der Waals surface area contributed by atoms with E-state index in [1.807, 2.05) is 20.8 Å². The number of hydrazone groups is 1. The molecule has 158 valence electrons. The smallest absolute Gasteiger partial charge is 0.370 e. The Hall–Kier alpha value is -3.18. The number of nitrogens with zero attached hydrogens (tertiary/aromatic N) is 5. The fraction of sp³-hybridized carbons (Fsp3) is 0.471. The Morgan fingerprint density at radius 3 is 2.59 bits per heavy atom. The Bertz CT molecular complexity index is 872. The molecule has 2 heterocycles. The summed E-state index contributed by atoms with van der Waals surface area (Å²) in [5.74, 6) is 0.251. The summed E-state index contributed by atoms with van der Waals surface area (Å²) >= 11 is 0. The third kappa shape index (κ3) is 5.42. The first-order valence-electron chi connectivity index (χ1n) is 8.95. The monoisotopic (exact) mass is 411 g/mol. The fourth-order valence-electron chi connectivity index (χ4n) is 2.42. The lowest BCUT2D eigenvalue weighted by Crippen LogP contribution is -2.33. The van der Waals surface area contributed by atoms with Gasteiger partial charge in [0, 0.05) is 31.6 Å². The summed E-state index contributed by atoms with van der Waals surface area (Å²) < 4.78 is 41.0. The Morgan fingerprint density at radius 1 is 1.28 bits per heavy atom. The molecule has 2 aromatic rings. The van der Waals surface area contributed by atoms with Gasteiger partial charge in [0.2, 0.25) is 5.95 Å². The second-order valence-corrected chi connectivity index (χ2v) is 6.52. The highest BCUT2D eigenvalue weighted by atomic mass is 19.4. The highest BCUT2D eigenvalue weighted by Crippen LogP contribution is 2.34. The van der Waals surface area contributed by atoms with Crippen LogP contribution in [-0.2, 0) is 18.3 Å². The van der Waals surface area contributed by atoms with Crippen molar-refractivity contribution in [3.05, 3.63) is 23.5 Å². The van der Waals surface area contributed by atoms with E-state index in [1.54, 1.807) is 17.7 Å². The van der Waals surface area contributed by atoms with Crippen LogP contribution < -0.4 is 16.1 Å². The van der Waals surface area contributed by atoms with Crippen LogP contribution in [0.25, 0.3) is 0 Å². The molecule has 0 spiro atoms. The zero-order valence-electron chi connectivity index (χ0n) is 16.6. The molecule has 0 aliphatic rings. The van der Waals surface area contributed by atoms with Gasteiger partial charge >= 0.3 is 6.18 Å². The number of hydrogen-bond acceptors (Lipinski definition) is 8. The second kappa shape index (κ2) is 8.88. The molecule has 0 saturated heterocycles. The number of aromatic nitrogens is 4. The Balaban J connectivity index is 2.34. The maximum Gasteiger partial charge on any atom is 0.421 e. The van der Waals surface area contributed by atoms with Crippen LogP contribution in [0.2, 0.25) is 0 Å². The van der Waals surface area contributed by atoms with E-state index in [1.165, 1.54) is 6.21 Å². The van der Waals surface area contributed by atoms with Crippen LogP contribution in [0.3, 0.4) is 0 Å². The molecule has 12 heteroatoms. The Labute approximate surface area is 166 Å². The molecule has 0 aromatic carbocycles. The minimum atomic E-state index is -4.55. The number of nitrogens with one attached hydrogen (secondary N) is 4. The maximum atomic E-state index is 13.1. The van der Waals surface area contributed by atoms with Crippen molar-refractivity contribution in [3.63, 3.8) is 0 Å². The van der Waals surface area contributed by atoms with Crippen LogP contribution in [0, 0.1) is 5.41 Å². The van der Waals surface area contributed by atoms with Gasteiger partial charge in [-0.3, -0.25) is 5.43 Å². The first-order chi connectivity index (χ1) is 13.6. The Kier molecular flexibility index (Phi) is 6.77. The van der Waals surface area contributed by atoms with Gasteiger partial charge in [-0.25, -0.2) is 9.67 Å². The average molecular weight is 411 g/mol. The molecule has 0 unspecified atom stereocenters. The maximum absolute atomic E-state index is 13.1. The van der Waals surface area contributed by atoms with Gasteiger partial charge < -0.3 is 16.0 Å². The van der Waals surface area contributed by atoms with Crippen molar-refractivity contribution in [1.29, 1.82) is 5.41 Å². The molecule has 0 radical (unpaired) electrons. The van der Waals surface area contributed by atoms with Gasteiger partial charge in [-0.2, -0.15) is 28.4 Å². The largest absolute Gasteiger partial charge is 0.421 e. The minimum absolute atomic E-state index is 0.0164. The van der Waals surface area contributed by atoms with E-state index in [9.17, 15) is 13.2 Å². The summed E-state index contributed by atoms with van der Waals surface area (Å²) in [5.41, 5.74) is 1.97. The molecule has 0 atom stereocenters. The molecule has 0 bridgehead atoms. The summed E-state index contributed by atoms with van der Waals surface area (Å²) in [4.78, 5) is 7.78. The minimum Gasteiger partial charge on any atom is -0.370 e. The van der Waals surface area contributed by atoms with E-state index in [-0.39, 0.29) is 18.3 Å². The quantitative estimate of drug-likeness (QED) is 0.372. The topological polar surface area (TPSA) is 116 Å². The van der Waals surface area contributed by atoms with Gasteiger partial charge in [-0.15, -0.1) is 0 Å². The number of anilines is 3. The van der Waals surface area contributed by atoms with Crippen molar-refractivity contribution in [3.8, 4) is 0 Å². The lowest BCUT2D eigenvalue weighted by Gasteiger charge is -2.21. The first kappa shape index (κ1) is 22.1. The number of alkyl halides is 3. The Morgan fingerprint density at radius 2 is 2.00 bits per heavy atom. The van der Waals surface area contributed by atoms with Gasteiger partial charge in [0.25, 0.3) is 0 Å². The summed E-state index contributed by atoms with van der Waals surface area (Å²) in [6, 6.07) is 1.74. The van der Waals surface area contributed by atoms with Crippen LogP contribution in [0.1, 0.15) is 39.0 Å². The van der Waals surface area contributed by atoms with E-state index >= 15 is 0 Å². The zero-order valence-corrected chi connectivity index (χ0v) is 16.6. The second-order valence-electron chi connectivity index (χ2n) is 6.52. The van der Waals surface area contributed by atoms with Crippen LogP contribution in [-0.4, -0.2) is 38.7 Å². The molecule has 29 heavy (non-hydrogen) atoms. The molecule has 0 aliphatic carbocycles. The number of hydrogen-bond donors (Lipinski definition) is 4. The number of rotatable bonds is 9. The summed E-state index contributed by atoms with van der Waals surface area (Å²) in [6.07, 6.45) is -1.46. The van der Waals surface area contributed by atoms with Crippen molar-refractivity contribution >= 4 is 30.0 Å². The number of aryl methyl sites for hydroxylation is 1. The highest BCUT2D eigenvalue weighted by molar-refractivity contribution is 6.14. The fourth-order valence-corrected chi connectivity index (χ4v) is 2.42. The first-order valence-corrected chi connectivity index (χ1v) is 8.95. The third-order valence-electron chi connectivity index (χ3n) is 3.89. The van der Waals surface area contributed by atoms with Crippen LogP contribution in [0.5, 0.6) is 0 Å². The van der Waals surface area contributed by atoms with E-state index in [4.69, 9.17) is 5.41 Å². The summed E-state index contributed by atoms with van der Waals surface area (Å²) in [5, 5.41) is 20.9. The standard InChI is InChI=1S/C17H24F3N9/c1-5-22-14-11(17(18,19)20)10-23-15(26-14)25-13-9-12(27-29(13)6-2)16(3,4)28-24-8-7-21/h7-10,21,28H,5-6H2,1-4H3,(H2,22,23,25,26)/b21-7?,24-8-. The van der Waals surface area contributed by atoms with Gasteiger partial charge in [-0.1, -0.05) is 0 Å². The van der Waals surface area contributed by atoms with E-state index in [0.29, 0.717) is 18.1 Å². The van der Waals surface area contributed by atoms with E-state index in [2.05, 4.69) is 36.2 Å². The predicted molar refractivity (Wildman–Crippen MR) is 106 cm³/mol. The summed E-state index contributed by atoms with van der Waals surface area (Å²) in [7, 11) is 0. The molecular weight excluding hydrogens is 387 g/mol. The third-order valence-corrected chi connectivity index (χ3v) is 3.89. The molecule has 0 aliphatic heterocycles. The molecule has 2 aromatic heterocycles. The van der Waals surface area contributed by atoms with Crippen molar-refractivity contribution in [2.45, 2.75) is 46.0 Å². The van der Waals surface area contributed by atoms with E-state index in [0.717, 1.165) is 12.4 Å². The van der Waals surface area contributed by atoms with Crippen molar-refractivity contribution in [2.75, 3.05) is 17.2 Å². The summed E-state index contributed by atoms with van der Waals surface area (Å²) in [6.45, 7) is 8.09. The number of halogens is 3.